The van der Waals surface area contributed by atoms with E-state index in [0.29, 0.717) is 5.75 Å². The monoisotopic (exact) mass is 374 g/mol. The molecule has 136 valence electrons. The van der Waals surface area contributed by atoms with Crippen LogP contribution in [0.15, 0.2) is 59.5 Å². The molecule has 2 aromatic carbocycles. The fourth-order valence-electron chi connectivity index (χ4n) is 2.05. The highest BCUT2D eigenvalue weighted by molar-refractivity contribution is 7.99. The van der Waals surface area contributed by atoms with Gasteiger partial charge in [0.15, 0.2) is 6.10 Å². The molecule has 0 radical (unpaired) electrons. The molecule has 0 bridgehead atoms. The number of benzene rings is 2. The van der Waals surface area contributed by atoms with Crippen molar-refractivity contribution in [1.82, 2.24) is 0 Å². The molecule has 0 aliphatic carbocycles. The Morgan fingerprint density at radius 1 is 1.15 bits per heavy atom. The molecule has 7 nitrogen and oxygen atoms in total. The SMILES string of the molecule is C[C@@H](OC(=O)CCSc1ccccc1)C(=O)Nc1ccccc1[N+](=O)[O-]. The minimum Gasteiger partial charge on any atom is -0.453 e. The van der Waals surface area contributed by atoms with Crippen molar-refractivity contribution in [2.45, 2.75) is 24.3 Å². The Hall–Kier alpha value is -2.87. The van der Waals surface area contributed by atoms with Crippen molar-refractivity contribution in [3.63, 3.8) is 0 Å². The number of nitro benzene ring substituents is 1. The number of esters is 1. The van der Waals surface area contributed by atoms with Gasteiger partial charge in [0.2, 0.25) is 0 Å². The summed E-state index contributed by atoms with van der Waals surface area (Å²) in [6.07, 6.45) is -0.896. The maximum absolute atomic E-state index is 12.1. The van der Waals surface area contributed by atoms with Crippen LogP contribution in [0.4, 0.5) is 11.4 Å². The van der Waals surface area contributed by atoms with Crippen molar-refractivity contribution in [3.8, 4) is 0 Å². The summed E-state index contributed by atoms with van der Waals surface area (Å²) in [4.78, 5) is 35.4. The highest BCUT2D eigenvalue weighted by atomic mass is 32.2. The van der Waals surface area contributed by atoms with E-state index in [1.807, 2.05) is 30.3 Å². The lowest BCUT2D eigenvalue weighted by molar-refractivity contribution is -0.383. The number of nitrogens with one attached hydrogen (secondary N) is 1. The zero-order valence-electron chi connectivity index (χ0n) is 14.1. The van der Waals surface area contributed by atoms with Crippen LogP contribution >= 0.6 is 11.8 Å². The lowest BCUT2D eigenvalue weighted by Gasteiger charge is -2.13. The molecule has 2 rings (SSSR count). The first-order valence-corrected chi connectivity index (χ1v) is 8.87. The third-order valence-electron chi connectivity index (χ3n) is 3.35. The number of carbonyl (C=O) groups excluding carboxylic acids is 2. The van der Waals surface area contributed by atoms with E-state index in [0.717, 1.165) is 4.90 Å². The summed E-state index contributed by atoms with van der Waals surface area (Å²) >= 11 is 1.52. The number of ether oxygens (including phenoxy) is 1. The summed E-state index contributed by atoms with van der Waals surface area (Å²) in [5, 5.41) is 13.4. The highest BCUT2D eigenvalue weighted by Crippen LogP contribution is 2.23. The second-order valence-electron chi connectivity index (χ2n) is 5.31. The van der Waals surface area contributed by atoms with Crippen molar-refractivity contribution in [1.29, 1.82) is 0 Å². The van der Waals surface area contributed by atoms with Gasteiger partial charge in [-0.25, -0.2) is 0 Å². The maximum atomic E-state index is 12.1. The predicted molar refractivity (Wildman–Crippen MR) is 99.1 cm³/mol. The van der Waals surface area contributed by atoms with Gasteiger partial charge in [-0.15, -0.1) is 11.8 Å². The van der Waals surface area contributed by atoms with E-state index < -0.39 is 22.9 Å². The van der Waals surface area contributed by atoms with Crippen LogP contribution in [0.5, 0.6) is 0 Å². The average molecular weight is 374 g/mol. The van der Waals surface area contributed by atoms with Gasteiger partial charge in [-0.2, -0.15) is 0 Å². The Morgan fingerprint density at radius 3 is 2.50 bits per heavy atom. The van der Waals surface area contributed by atoms with Gasteiger partial charge in [-0.3, -0.25) is 19.7 Å². The van der Waals surface area contributed by atoms with Crippen LogP contribution in [0.1, 0.15) is 13.3 Å². The quantitative estimate of drug-likeness (QED) is 0.328. The Morgan fingerprint density at radius 2 is 1.81 bits per heavy atom. The van der Waals surface area contributed by atoms with Crippen LogP contribution in [0, 0.1) is 10.1 Å². The molecule has 2 aromatic rings. The third-order valence-corrected chi connectivity index (χ3v) is 4.37. The van der Waals surface area contributed by atoms with Crippen LogP contribution in [-0.2, 0) is 14.3 Å². The van der Waals surface area contributed by atoms with E-state index >= 15 is 0 Å². The molecule has 8 heteroatoms. The molecule has 1 amide bonds. The molecule has 26 heavy (non-hydrogen) atoms. The molecular weight excluding hydrogens is 356 g/mol. The van der Waals surface area contributed by atoms with Gasteiger partial charge in [0.25, 0.3) is 11.6 Å². The van der Waals surface area contributed by atoms with E-state index in [-0.39, 0.29) is 17.8 Å². The molecule has 0 aromatic heterocycles. The largest absolute Gasteiger partial charge is 0.453 e. The van der Waals surface area contributed by atoms with Crippen LogP contribution in [0.3, 0.4) is 0 Å². The van der Waals surface area contributed by atoms with Gasteiger partial charge in [0, 0.05) is 16.7 Å². The number of hydrogen-bond acceptors (Lipinski definition) is 6. The predicted octanol–water partition coefficient (Wildman–Crippen LogP) is 3.65. The third kappa shape index (κ3) is 5.89. The number of rotatable bonds is 8. The number of anilines is 1. The number of hydrogen-bond donors (Lipinski definition) is 1. The Labute approximate surface area is 154 Å². The molecule has 0 aliphatic rings. The second kappa shape index (κ2) is 9.57. The minimum absolute atomic E-state index is 0.0602. The van der Waals surface area contributed by atoms with Crippen LogP contribution in [0.2, 0.25) is 0 Å². The molecule has 0 aliphatic heterocycles. The van der Waals surface area contributed by atoms with Crippen LogP contribution in [0.25, 0.3) is 0 Å². The second-order valence-corrected chi connectivity index (χ2v) is 6.48. The molecule has 1 atom stereocenters. The zero-order valence-corrected chi connectivity index (χ0v) is 14.9. The average Bonchev–Trinajstić information content (AvgIpc) is 2.62. The molecule has 1 N–H and O–H groups in total. The summed E-state index contributed by atoms with van der Waals surface area (Å²) in [5.74, 6) is -0.594. The Bertz CT molecular complexity index is 782. The fraction of sp³-hybridized carbons (Fsp3) is 0.222. The van der Waals surface area contributed by atoms with Gasteiger partial charge in [-0.1, -0.05) is 30.3 Å². The van der Waals surface area contributed by atoms with E-state index in [9.17, 15) is 19.7 Å². The molecule has 0 fully saturated rings. The summed E-state index contributed by atoms with van der Waals surface area (Å²) in [6.45, 7) is 1.42. The highest BCUT2D eigenvalue weighted by Gasteiger charge is 2.21. The number of nitro groups is 1. The van der Waals surface area contributed by atoms with Gasteiger partial charge in [0.1, 0.15) is 5.69 Å². The van der Waals surface area contributed by atoms with Crippen molar-refractivity contribution < 1.29 is 19.2 Å². The normalized spacial score (nSPS) is 11.4. The zero-order chi connectivity index (χ0) is 18.9. The Balaban J connectivity index is 1.81. The van der Waals surface area contributed by atoms with Gasteiger partial charge in [0.05, 0.1) is 11.3 Å². The number of carbonyl (C=O) groups is 2. The summed E-state index contributed by atoms with van der Waals surface area (Å²) in [6, 6.07) is 15.4. The number of para-hydroxylation sites is 2. The molecule has 0 saturated heterocycles. The van der Waals surface area contributed by atoms with Crippen molar-refractivity contribution in [2.24, 2.45) is 0 Å². The fourth-order valence-corrected chi connectivity index (χ4v) is 2.91. The molecule has 0 saturated carbocycles. The van der Waals surface area contributed by atoms with E-state index in [1.54, 1.807) is 6.07 Å². The van der Waals surface area contributed by atoms with Crippen LogP contribution in [-0.4, -0.2) is 28.7 Å². The summed E-state index contributed by atoms with van der Waals surface area (Å²) < 4.78 is 5.09. The minimum atomic E-state index is -1.05. The molecule has 0 spiro atoms. The smallest absolute Gasteiger partial charge is 0.307 e. The molecule has 0 unspecified atom stereocenters. The number of thioether (sulfide) groups is 1. The lowest BCUT2D eigenvalue weighted by atomic mass is 10.2. The number of amides is 1. The lowest BCUT2D eigenvalue weighted by Crippen LogP contribution is -2.30. The van der Waals surface area contributed by atoms with E-state index in [2.05, 4.69) is 5.32 Å². The van der Waals surface area contributed by atoms with Gasteiger partial charge >= 0.3 is 5.97 Å². The van der Waals surface area contributed by atoms with Gasteiger partial charge < -0.3 is 10.1 Å². The van der Waals surface area contributed by atoms with Crippen molar-refractivity contribution >= 4 is 35.0 Å². The first-order valence-electron chi connectivity index (χ1n) is 7.89. The van der Waals surface area contributed by atoms with Gasteiger partial charge in [-0.05, 0) is 25.1 Å². The Kier molecular flexibility index (Phi) is 7.16. The standard InChI is InChI=1S/C18H18N2O5S/c1-13(18(22)19-15-9-5-6-10-16(15)20(23)24)25-17(21)11-12-26-14-7-3-2-4-8-14/h2-10,13H,11-12H2,1H3,(H,19,22)/t13-/m1/s1. The summed E-state index contributed by atoms with van der Waals surface area (Å²) in [5.41, 5.74) is -0.163. The first-order chi connectivity index (χ1) is 12.5. The van der Waals surface area contributed by atoms with E-state index in [4.69, 9.17) is 4.74 Å². The maximum Gasteiger partial charge on any atom is 0.307 e. The molecule has 0 heterocycles. The summed E-state index contributed by atoms with van der Waals surface area (Å²) in [7, 11) is 0. The van der Waals surface area contributed by atoms with Crippen molar-refractivity contribution in [2.75, 3.05) is 11.1 Å². The first kappa shape index (κ1) is 19.5. The van der Waals surface area contributed by atoms with E-state index in [1.165, 1.54) is 36.9 Å². The van der Waals surface area contributed by atoms with Crippen LogP contribution < -0.4 is 5.32 Å². The molecular formula is C18H18N2O5S. The topological polar surface area (TPSA) is 98.5 Å². The number of nitrogens with zero attached hydrogens (tertiary/aromatic N) is 1. The van der Waals surface area contributed by atoms with Crippen molar-refractivity contribution in [3.05, 3.63) is 64.7 Å².